The van der Waals surface area contributed by atoms with Crippen LogP contribution in [-0.2, 0) is 0 Å². The third kappa shape index (κ3) is 2.46. The predicted octanol–water partition coefficient (Wildman–Crippen LogP) is 5.20. The van der Waals surface area contributed by atoms with Crippen LogP contribution < -0.4 is 5.32 Å². The molecule has 3 aliphatic carbocycles. The molecular formula is C22H35N. The topological polar surface area (TPSA) is 12.0 Å². The van der Waals surface area contributed by atoms with E-state index in [4.69, 9.17) is 0 Å². The molecule has 0 spiro atoms. The van der Waals surface area contributed by atoms with Gasteiger partial charge in [0.2, 0.25) is 0 Å². The largest absolute Gasteiger partial charge is 0.314 e. The van der Waals surface area contributed by atoms with Crippen LogP contribution in [0.15, 0.2) is 23.8 Å². The van der Waals surface area contributed by atoms with Gasteiger partial charge in [0.1, 0.15) is 0 Å². The van der Waals surface area contributed by atoms with Gasteiger partial charge in [-0.05, 0) is 79.6 Å². The number of fused-ring (bicyclic) bond motifs is 2. The summed E-state index contributed by atoms with van der Waals surface area (Å²) in [4.78, 5) is 0. The summed E-state index contributed by atoms with van der Waals surface area (Å²) < 4.78 is 0. The second kappa shape index (κ2) is 5.76. The van der Waals surface area contributed by atoms with Crippen molar-refractivity contribution in [3.05, 3.63) is 23.8 Å². The Labute approximate surface area is 143 Å². The number of allylic oxidation sites excluding steroid dienone is 4. The van der Waals surface area contributed by atoms with Crippen LogP contribution in [0.1, 0.15) is 59.8 Å². The van der Waals surface area contributed by atoms with Crippen molar-refractivity contribution < 1.29 is 0 Å². The van der Waals surface area contributed by atoms with Gasteiger partial charge in [-0.25, -0.2) is 0 Å². The quantitative estimate of drug-likeness (QED) is 0.739. The third-order valence-electron chi connectivity index (χ3n) is 8.21. The maximum absolute atomic E-state index is 3.89. The lowest BCUT2D eigenvalue weighted by Crippen LogP contribution is -2.52. The molecule has 0 aromatic heterocycles. The Hall–Kier alpha value is -0.560. The molecule has 128 valence electrons. The molecule has 2 saturated carbocycles. The van der Waals surface area contributed by atoms with E-state index in [1.807, 2.05) is 0 Å². The first-order valence-corrected chi connectivity index (χ1v) is 10.1. The molecule has 1 saturated heterocycles. The van der Waals surface area contributed by atoms with Crippen molar-refractivity contribution in [2.45, 2.75) is 65.8 Å². The second-order valence-electron chi connectivity index (χ2n) is 9.57. The maximum Gasteiger partial charge on any atom is 0.0101 e. The molecular weight excluding hydrogens is 278 g/mol. The Bertz CT molecular complexity index is 514. The zero-order chi connectivity index (χ0) is 16.2. The second-order valence-corrected chi connectivity index (χ2v) is 9.57. The van der Waals surface area contributed by atoms with Crippen LogP contribution in [-0.4, -0.2) is 12.6 Å². The molecule has 3 fully saturated rings. The highest BCUT2D eigenvalue weighted by molar-refractivity contribution is 5.29. The highest BCUT2D eigenvalue weighted by atomic mass is 14.9. The van der Waals surface area contributed by atoms with Gasteiger partial charge in [0.25, 0.3) is 0 Å². The normalized spacial score (nSPS) is 46.4. The predicted molar refractivity (Wildman–Crippen MR) is 98.2 cm³/mol. The summed E-state index contributed by atoms with van der Waals surface area (Å²) in [6.45, 7) is 11.5. The van der Waals surface area contributed by atoms with E-state index in [0.717, 1.165) is 41.5 Å². The molecule has 4 rings (SSSR count). The van der Waals surface area contributed by atoms with E-state index in [0.29, 0.717) is 5.41 Å². The van der Waals surface area contributed by atoms with Crippen molar-refractivity contribution in [3.8, 4) is 0 Å². The lowest BCUT2D eigenvalue weighted by atomic mass is 9.58. The summed E-state index contributed by atoms with van der Waals surface area (Å²) in [6, 6.07) is 0.805. The van der Waals surface area contributed by atoms with Crippen LogP contribution in [0.5, 0.6) is 0 Å². The Kier molecular flexibility index (Phi) is 3.99. The lowest BCUT2D eigenvalue weighted by molar-refractivity contribution is 0.0271. The minimum atomic E-state index is 0.365. The van der Waals surface area contributed by atoms with Gasteiger partial charge >= 0.3 is 0 Å². The van der Waals surface area contributed by atoms with E-state index in [1.54, 1.807) is 5.57 Å². The third-order valence-corrected chi connectivity index (χ3v) is 8.21. The number of rotatable bonds is 2. The molecule has 7 unspecified atom stereocenters. The average molecular weight is 314 g/mol. The van der Waals surface area contributed by atoms with E-state index in [1.165, 1.54) is 38.6 Å². The monoisotopic (exact) mass is 313 g/mol. The van der Waals surface area contributed by atoms with E-state index in [-0.39, 0.29) is 0 Å². The van der Waals surface area contributed by atoms with Crippen molar-refractivity contribution in [1.29, 1.82) is 0 Å². The van der Waals surface area contributed by atoms with Crippen molar-refractivity contribution in [2.24, 2.45) is 40.9 Å². The van der Waals surface area contributed by atoms with Crippen LogP contribution in [0.25, 0.3) is 0 Å². The van der Waals surface area contributed by atoms with Crippen LogP contribution in [0.2, 0.25) is 0 Å². The molecule has 0 amide bonds. The van der Waals surface area contributed by atoms with Crippen molar-refractivity contribution in [3.63, 3.8) is 0 Å². The zero-order valence-electron chi connectivity index (χ0n) is 15.5. The minimum Gasteiger partial charge on any atom is -0.314 e. The number of piperidine rings is 1. The van der Waals surface area contributed by atoms with Crippen LogP contribution >= 0.6 is 0 Å². The molecule has 0 radical (unpaired) electrons. The molecule has 1 aliphatic heterocycles. The Morgan fingerprint density at radius 2 is 1.91 bits per heavy atom. The molecule has 23 heavy (non-hydrogen) atoms. The first kappa shape index (κ1) is 15.9. The van der Waals surface area contributed by atoms with Gasteiger partial charge in [-0.2, -0.15) is 0 Å². The van der Waals surface area contributed by atoms with Gasteiger partial charge in [-0.1, -0.05) is 51.5 Å². The summed E-state index contributed by atoms with van der Waals surface area (Å²) in [5.41, 5.74) is 2.05. The fourth-order valence-electron chi connectivity index (χ4n) is 7.23. The van der Waals surface area contributed by atoms with Gasteiger partial charge < -0.3 is 5.32 Å². The molecule has 7 atom stereocenters. The molecule has 1 heterocycles. The van der Waals surface area contributed by atoms with Crippen LogP contribution in [0, 0.1) is 40.9 Å². The van der Waals surface area contributed by atoms with E-state index in [2.05, 4.69) is 51.2 Å². The Morgan fingerprint density at radius 3 is 2.65 bits per heavy atom. The molecule has 0 bridgehead atoms. The fourth-order valence-corrected chi connectivity index (χ4v) is 7.23. The SMILES string of the molecule is CC1CC2C(C)C3CCCNC3CC2C1C(C)(C)C1=CC=CC1. The van der Waals surface area contributed by atoms with Crippen LogP contribution in [0.3, 0.4) is 0 Å². The first-order valence-electron chi connectivity index (χ1n) is 10.1. The van der Waals surface area contributed by atoms with Crippen molar-refractivity contribution >= 4 is 0 Å². The van der Waals surface area contributed by atoms with Gasteiger partial charge in [0, 0.05) is 6.04 Å². The Morgan fingerprint density at radius 1 is 1.09 bits per heavy atom. The van der Waals surface area contributed by atoms with Crippen LogP contribution in [0.4, 0.5) is 0 Å². The molecule has 0 aromatic carbocycles. The van der Waals surface area contributed by atoms with Gasteiger partial charge in [-0.15, -0.1) is 0 Å². The summed E-state index contributed by atoms with van der Waals surface area (Å²) in [5, 5.41) is 3.89. The number of hydrogen-bond acceptors (Lipinski definition) is 1. The highest BCUT2D eigenvalue weighted by Crippen LogP contribution is 2.60. The average Bonchev–Trinajstić information content (AvgIpc) is 3.15. The number of nitrogens with one attached hydrogen (secondary N) is 1. The Balaban J connectivity index is 1.62. The summed E-state index contributed by atoms with van der Waals surface area (Å²) in [7, 11) is 0. The van der Waals surface area contributed by atoms with Crippen molar-refractivity contribution in [2.75, 3.05) is 6.54 Å². The minimum absolute atomic E-state index is 0.365. The molecule has 1 heteroatoms. The van der Waals surface area contributed by atoms with Gasteiger partial charge in [-0.3, -0.25) is 0 Å². The number of hydrogen-bond donors (Lipinski definition) is 1. The molecule has 1 N–H and O–H groups in total. The zero-order valence-corrected chi connectivity index (χ0v) is 15.5. The van der Waals surface area contributed by atoms with E-state index < -0.39 is 0 Å². The van der Waals surface area contributed by atoms with E-state index in [9.17, 15) is 0 Å². The van der Waals surface area contributed by atoms with Gasteiger partial charge in [0.05, 0.1) is 0 Å². The fraction of sp³-hybridized carbons (Fsp3) is 0.818. The summed E-state index contributed by atoms with van der Waals surface area (Å²) in [6.07, 6.45) is 14.0. The van der Waals surface area contributed by atoms with Gasteiger partial charge in [0.15, 0.2) is 0 Å². The van der Waals surface area contributed by atoms with E-state index >= 15 is 0 Å². The lowest BCUT2D eigenvalue weighted by Gasteiger charge is -2.50. The summed E-state index contributed by atoms with van der Waals surface area (Å²) in [5.74, 6) is 5.53. The van der Waals surface area contributed by atoms with Crippen molar-refractivity contribution in [1.82, 2.24) is 5.32 Å². The first-order chi connectivity index (χ1) is 11.0. The maximum atomic E-state index is 3.89. The highest BCUT2D eigenvalue weighted by Gasteiger charge is 2.55. The molecule has 4 aliphatic rings. The standard InChI is InChI=1S/C22H35N/c1-14-12-18-15(2)17-10-7-11-23-20(17)13-19(18)21(14)22(3,4)16-8-5-6-9-16/h5-6,8,14-15,17-21,23H,7,9-13H2,1-4H3. The molecule has 1 nitrogen and oxygen atoms in total. The summed E-state index contributed by atoms with van der Waals surface area (Å²) >= 11 is 0. The molecule has 0 aromatic rings. The smallest absolute Gasteiger partial charge is 0.0101 e.